The second-order valence-corrected chi connectivity index (χ2v) is 6.15. The predicted octanol–water partition coefficient (Wildman–Crippen LogP) is 3.09. The first kappa shape index (κ1) is 17.9. The third-order valence-corrected chi connectivity index (χ3v) is 4.05. The van der Waals surface area contributed by atoms with E-state index in [0.29, 0.717) is 17.2 Å². The van der Waals surface area contributed by atoms with Crippen LogP contribution in [0.25, 0.3) is 0 Å². The summed E-state index contributed by atoms with van der Waals surface area (Å²) in [4.78, 5) is 28.8. The van der Waals surface area contributed by atoms with Crippen molar-refractivity contribution in [1.29, 1.82) is 0 Å². The number of carbonyl (C=O) groups is 2. The van der Waals surface area contributed by atoms with Crippen molar-refractivity contribution in [2.24, 2.45) is 4.99 Å². The zero-order valence-electron chi connectivity index (χ0n) is 14.2. The number of amides is 2. The summed E-state index contributed by atoms with van der Waals surface area (Å²) in [6.07, 6.45) is 0.213. The normalized spacial score (nSPS) is 16.5. The van der Waals surface area contributed by atoms with Crippen LogP contribution in [0.2, 0.25) is 5.02 Å². The summed E-state index contributed by atoms with van der Waals surface area (Å²) >= 11 is 5.90. The number of benzene rings is 2. The van der Waals surface area contributed by atoms with Gasteiger partial charge in [0, 0.05) is 10.6 Å². The molecule has 7 heteroatoms. The number of nitrogens with one attached hydrogen (secondary N) is 2. The Morgan fingerprint density at radius 2 is 2.08 bits per heavy atom. The van der Waals surface area contributed by atoms with Crippen LogP contribution in [-0.2, 0) is 4.79 Å². The molecule has 6 nitrogen and oxygen atoms in total. The van der Waals surface area contributed by atoms with Crippen molar-refractivity contribution in [3.05, 3.63) is 64.7 Å². The highest BCUT2D eigenvalue weighted by Gasteiger charge is 2.23. The quantitative estimate of drug-likeness (QED) is 0.866. The lowest BCUT2D eigenvalue weighted by Gasteiger charge is -2.21. The summed E-state index contributed by atoms with van der Waals surface area (Å²) in [6, 6.07) is 13.6. The van der Waals surface area contributed by atoms with E-state index in [1.807, 2.05) is 31.2 Å². The van der Waals surface area contributed by atoms with E-state index in [-0.39, 0.29) is 30.2 Å². The molecular formula is C19H18ClN3O3. The molecule has 0 spiro atoms. The monoisotopic (exact) mass is 371 g/mol. The molecule has 26 heavy (non-hydrogen) atoms. The fraction of sp³-hybridized carbons (Fsp3) is 0.211. The van der Waals surface area contributed by atoms with Gasteiger partial charge in [0.25, 0.3) is 5.91 Å². The van der Waals surface area contributed by atoms with Gasteiger partial charge in [-0.2, -0.15) is 0 Å². The van der Waals surface area contributed by atoms with E-state index in [9.17, 15) is 9.59 Å². The lowest BCUT2D eigenvalue weighted by Crippen LogP contribution is -2.47. The number of rotatable bonds is 4. The molecule has 1 aliphatic rings. The van der Waals surface area contributed by atoms with Crippen LogP contribution < -0.4 is 15.4 Å². The van der Waals surface area contributed by atoms with Gasteiger partial charge in [0.1, 0.15) is 5.75 Å². The molecule has 2 N–H and O–H groups in total. The van der Waals surface area contributed by atoms with Gasteiger partial charge in [0.15, 0.2) is 0 Å². The molecular weight excluding hydrogens is 354 g/mol. The Morgan fingerprint density at radius 1 is 1.31 bits per heavy atom. The van der Waals surface area contributed by atoms with Crippen LogP contribution in [-0.4, -0.2) is 24.4 Å². The number of hydrogen-bond donors (Lipinski definition) is 2. The zero-order valence-corrected chi connectivity index (χ0v) is 14.9. The largest absolute Gasteiger partial charge is 0.494 e. The van der Waals surface area contributed by atoms with Crippen LogP contribution >= 0.6 is 11.6 Å². The van der Waals surface area contributed by atoms with Crippen LogP contribution in [0.3, 0.4) is 0 Å². The molecule has 0 bridgehead atoms. The maximum atomic E-state index is 12.3. The molecule has 0 aromatic heterocycles. The van der Waals surface area contributed by atoms with E-state index in [4.69, 9.17) is 16.3 Å². The van der Waals surface area contributed by atoms with Crippen molar-refractivity contribution < 1.29 is 14.3 Å². The van der Waals surface area contributed by atoms with Gasteiger partial charge in [-0.25, -0.2) is 4.99 Å². The molecule has 3 rings (SSSR count). The van der Waals surface area contributed by atoms with Gasteiger partial charge in [0.05, 0.1) is 19.1 Å². The van der Waals surface area contributed by atoms with E-state index in [1.54, 1.807) is 24.3 Å². The number of ether oxygens (including phenoxy) is 1. The van der Waals surface area contributed by atoms with Crippen molar-refractivity contribution in [2.45, 2.75) is 19.4 Å². The Morgan fingerprint density at radius 3 is 2.77 bits per heavy atom. The smallest absolute Gasteiger partial charge is 0.258 e. The maximum Gasteiger partial charge on any atom is 0.258 e. The Bertz CT molecular complexity index is 849. The van der Waals surface area contributed by atoms with Crippen molar-refractivity contribution >= 4 is 29.4 Å². The summed E-state index contributed by atoms with van der Waals surface area (Å²) in [6.45, 7) is 2.50. The fourth-order valence-electron chi connectivity index (χ4n) is 2.61. The summed E-state index contributed by atoms with van der Waals surface area (Å²) in [5.41, 5.74) is 1.26. The zero-order chi connectivity index (χ0) is 18.5. The molecule has 0 saturated carbocycles. The number of halogens is 1. The third-order valence-electron chi connectivity index (χ3n) is 3.82. The number of hydrogen-bond acceptors (Lipinski definition) is 4. The number of aliphatic imine (C=N–C) groups is 1. The minimum Gasteiger partial charge on any atom is -0.494 e. The van der Waals surface area contributed by atoms with E-state index >= 15 is 0 Å². The van der Waals surface area contributed by atoms with Crippen molar-refractivity contribution in [2.75, 3.05) is 6.61 Å². The van der Waals surface area contributed by atoms with E-state index in [0.717, 1.165) is 11.3 Å². The van der Waals surface area contributed by atoms with Gasteiger partial charge < -0.3 is 4.74 Å². The highest BCUT2D eigenvalue weighted by atomic mass is 35.5. The molecule has 134 valence electrons. The van der Waals surface area contributed by atoms with Gasteiger partial charge >= 0.3 is 0 Å². The van der Waals surface area contributed by atoms with Crippen LogP contribution in [0.1, 0.15) is 35.3 Å². The molecule has 0 saturated heterocycles. The van der Waals surface area contributed by atoms with Crippen molar-refractivity contribution in [3.63, 3.8) is 0 Å². The van der Waals surface area contributed by atoms with Crippen molar-refractivity contribution in [1.82, 2.24) is 10.6 Å². The van der Waals surface area contributed by atoms with Gasteiger partial charge in [-0.3, -0.25) is 20.2 Å². The standard InChI is InChI=1S/C19H18ClN3O3/c1-2-26-15-8-6-12(7-9-15)16-11-17(24)22-19(21-16)23-18(25)13-4-3-5-14(20)10-13/h3-10,16H,2,11H2,1H3,(H2,21,22,23,24,25)/t16-/m1/s1. The highest BCUT2D eigenvalue weighted by molar-refractivity contribution is 6.31. The summed E-state index contributed by atoms with van der Waals surface area (Å²) in [5.74, 6) is 0.291. The molecule has 0 fully saturated rings. The number of nitrogens with zero attached hydrogens (tertiary/aromatic N) is 1. The summed E-state index contributed by atoms with van der Waals surface area (Å²) < 4.78 is 5.42. The average Bonchev–Trinajstić information content (AvgIpc) is 2.62. The first-order valence-corrected chi connectivity index (χ1v) is 8.60. The fourth-order valence-corrected chi connectivity index (χ4v) is 2.80. The third kappa shape index (κ3) is 4.40. The average molecular weight is 372 g/mol. The highest BCUT2D eigenvalue weighted by Crippen LogP contribution is 2.25. The summed E-state index contributed by atoms with van der Waals surface area (Å²) in [5, 5.41) is 5.66. The minimum absolute atomic E-state index is 0.130. The molecule has 2 aromatic carbocycles. The number of carbonyl (C=O) groups excluding carboxylic acids is 2. The molecule has 2 amide bonds. The number of guanidine groups is 1. The van der Waals surface area contributed by atoms with Crippen LogP contribution in [0, 0.1) is 0 Å². The van der Waals surface area contributed by atoms with Gasteiger partial charge in [-0.05, 0) is 42.8 Å². The molecule has 0 unspecified atom stereocenters. The van der Waals surface area contributed by atoms with E-state index < -0.39 is 0 Å². The second-order valence-electron chi connectivity index (χ2n) is 5.71. The van der Waals surface area contributed by atoms with Crippen LogP contribution in [0.4, 0.5) is 0 Å². The molecule has 1 aliphatic heterocycles. The Kier molecular flexibility index (Phi) is 5.53. The first-order valence-electron chi connectivity index (χ1n) is 8.22. The SMILES string of the molecule is CCOc1ccc([C@H]2CC(=O)NC(NC(=O)c3cccc(Cl)c3)=N2)cc1. The Labute approximate surface area is 156 Å². The Hall–Kier alpha value is -2.86. The molecule has 0 aliphatic carbocycles. The first-order chi connectivity index (χ1) is 12.5. The lowest BCUT2D eigenvalue weighted by atomic mass is 10.0. The molecule has 1 heterocycles. The minimum atomic E-state index is -0.390. The molecule has 0 radical (unpaired) electrons. The lowest BCUT2D eigenvalue weighted by molar-refractivity contribution is -0.120. The maximum absolute atomic E-state index is 12.3. The van der Waals surface area contributed by atoms with Crippen LogP contribution in [0.15, 0.2) is 53.5 Å². The van der Waals surface area contributed by atoms with Gasteiger partial charge in [-0.15, -0.1) is 0 Å². The Balaban J connectivity index is 1.76. The van der Waals surface area contributed by atoms with Gasteiger partial charge in [-0.1, -0.05) is 29.8 Å². The molecule has 1 atom stereocenters. The predicted molar refractivity (Wildman–Crippen MR) is 99.5 cm³/mol. The van der Waals surface area contributed by atoms with Gasteiger partial charge in [0.2, 0.25) is 11.9 Å². The van der Waals surface area contributed by atoms with E-state index in [2.05, 4.69) is 15.6 Å². The van der Waals surface area contributed by atoms with E-state index in [1.165, 1.54) is 0 Å². The van der Waals surface area contributed by atoms with Crippen LogP contribution in [0.5, 0.6) is 5.75 Å². The van der Waals surface area contributed by atoms with Crippen molar-refractivity contribution in [3.8, 4) is 5.75 Å². The topological polar surface area (TPSA) is 79.8 Å². The second kappa shape index (κ2) is 8.01. The molecule has 2 aromatic rings. The summed E-state index contributed by atoms with van der Waals surface area (Å²) in [7, 11) is 0.